The number of aromatic nitrogens is 2. The van der Waals surface area contributed by atoms with E-state index in [2.05, 4.69) is 20.2 Å². The first kappa shape index (κ1) is 16.4. The topological polar surface area (TPSA) is 53.4 Å². The summed E-state index contributed by atoms with van der Waals surface area (Å²) in [5.74, 6) is -0.223. The fraction of sp³-hybridized carbons (Fsp3) is 0.412. The second kappa shape index (κ2) is 7.44. The lowest BCUT2D eigenvalue weighted by Crippen LogP contribution is -2.49. The first-order chi connectivity index (χ1) is 11.6. The molecule has 1 aromatic carbocycles. The Morgan fingerprint density at radius 3 is 2.54 bits per heavy atom. The Morgan fingerprint density at radius 2 is 1.83 bits per heavy atom. The van der Waals surface area contributed by atoms with Crippen molar-refractivity contribution in [3.63, 3.8) is 0 Å². The molecule has 7 heteroatoms. The first-order valence-corrected chi connectivity index (χ1v) is 8.12. The van der Waals surface area contributed by atoms with Crippen LogP contribution in [0.4, 0.5) is 15.8 Å². The van der Waals surface area contributed by atoms with E-state index in [0.29, 0.717) is 0 Å². The molecule has 24 heavy (non-hydrogen) atoms. The van der Waals surface area contributed by atoms with Crippen LogP contribution in [0, 0.1) is 5.82 Å². The van der Waals surface area contributed by atoms with Gasteiger partial charge in [-0.25, -0.2) is 9.07 Å². The highest BCUT2D eigenvalue weighted by atomic mass is 19.1. The molecule has 0 bridgehead atoms. The van der Waals surface area contributed by atoms with Gasteiger partial charge in [0.1, 0.15) is 11.5 Å². The van der Waals surface area contributed by atoms with Gasteiger partial charge in [0.15, 0.2) is 0 Å². The zero-order chi connectivity index (χ0) is 16.9. The van der Waals surface area contributed by atoms with Gasteiger partial charge in [0, 0.05) is 58.2 Å². The highest BCUT2D eigenvalue weighted by Crippen LogP contribution is 2.11. The van der Waals surface area contributed by atoms with Crippen LogP contribution in [0.5, 0.6) is 0 Å². The van der Waals surface area contributed by atoms with Crippen molar-refractivity contribution < 1.29 is 4.39 Å². The van der Waals surface area contributed by atoms with Crippen molar-refractivity contribution >= 4 is 11.4 Å². The fourth-order valence-corrected chi connectivity index (χ4v) is 2.87. The van der Waals surface area contributed by atoms with E-state index in [0.717, 1.165) is 50.6 Å². The predicted molar refractivity (Wildman–Crippen MR) is 93.0 cm³/mol. The zero-order valence-corrected chi connectivity index (χ0v) is 13.8. The Kier molecular flexibility index (Phi) is 5.10. The van der Waals surface area contributed by atoms with E-state index < -0.39 is 0 Å². The summed E-state index contributed by atoms with van der Waals surface area (Å²) in [7, 11) is 1.67. The molecule has 2 aromatic rings. The Hall–Kier alpha value is -2.41. The number of nitrogens with one attached hydrogen (secondary N) is 1. The van der Waals surface area contributed by atoms with E-state index in [9.17, 15) is 9.18 Å². The summed E-state index contributed by atoms with van der Waals surface area (Å²) < 4.78 is 14.2. The van der Waals surface area contributed by atoms with Crippen LogP contribution >= 0.6 is 0 Å². The second-order valence-corrected chi connectivity index (χ2v) is 5.91. The van der Waals surface area contributed by atoms with Gasteiger partial charge >= 0.3 is 0 Å². The molecule has 1 saturated heterocycles. The summed E-state index contributed by atoms with van der Waals surface area (Å²) >= 11 is 0. The monoisotopic (exact) mass is 331 g/mol. The summed E-state index contributed by atoms with van der Waals surface area (Å²) in [5, 5.41) is 7.25. The van der Waals surface area contributed by atoms with Crippen LogP contribution < -0.4 is 15.8 Å². The number of rotatable bonds is 5. The van der Waals surface area contributed by atoms with Crippen molar-refractivity contribution in [3.05, 3.63) is 52.7 Å². The molecule has 0 amide bonds. The van der Waals surface area contributed by atoms with E-state index in [1.54, 1.807) is 31.4 Å². The molecule has 0 aliphatic carbocycles. The maximum atomic E-state index is 12.9. The summed E-state index contributed by atoms with van der Waals surface area (Å²) in [6.07, 6.45) is 1.66. The van der Waals surface area contributed by atoms with Gasteiger partial charge in [0.05, 0.1) is 0 Å². The lowest BCUT2D eigenvalue weighted by atomic mass is 10.2. The molecule has 0 saturated carbocycles. The van der Waals surface area contributed by atoms with Crippen LogP contribution in [0.15, 0.2) is 41.3 Å². The van der Waals surface area contributed by atoms with Crippen LogP contribution in [0.25, 0.3) is 0 Å². The summed E-state index contributed by atoms with van der Waals surface area (Å²) in [6, 6.07) is 8.18. The smallest absolute Gasteiger partial charge is 0.290 e. The summed E-state index contributed by atoms with van der Waals surface area (Å²) in [4.78, 5) is 16.6. The minimum absolute atomic E-state index is 0.0519. The van der Waals surface area contributed by atoms with Crippen molar-refractivity contribution in [1.82, 2.24) is 14.7 Å². The number of halogens is 1. The molecule has 1 N–H and O–H groups in total. The Labute approximate surface area is 140 Å². The van der Waals surface area contributed by atoms with Crippen molar-refractivity contribution in [3.8, 4) is 0 Å². The number of piperazine rings is 1. The second-order valence-electron chi connectivity index (χ2n) is 5.91. The summed E-state index contributed by atoms with van der Waals surface area (Å²) in [6.45, 7) is 5.21. The van der Waals surface area contributed by atoms with Crippen molar-refractivity contribution in [2.45, 2.75) is 0 Å². The molecule has 1 fully saturated rings. The van der Waals surface area contributed by atoms with Gasteiger partial charge in [0.25, 0.3) is 5.56 Å². The quantitative estimate of drug-likeness (QED) is 0.891. The minimum atomic E-state index is -0.223. The maximum Gasteiger partial charge on any atom is 0.290 e. The molecular formula is C17H22FN5O. The highest BCUT2D eigenvalue weighted by molar-refractivity contribution is 5.44. The number of aryl methyl sites for hydroxylation is 1. The lowest BCUT2D eigenvalue weighted by Gasteiger charge is -2.35. The summed E-state index contributed by atoms with van der Waals surface area (Å²) in [5.41, 5.74) is 1.59. The van der Waals surface area contributed by atoms with Crippen molar-refractivity contribution in [2.24, 2.45) is 7.05 Å². The number of anilines is 2. The highest BCUT2D eigenvalue weighted by Gasteiger charge is 2.19. The Bertz CT molecular complexity index is 723. The lowest BCUT2D eigenvalue weighted by molar-refractivity contribution is 0.267. The number of hydrogen-bond acceptors (Lipinski definition) is 5. The number of hydrogen-bond donors (Lipinski definition) is 1. The van der Waals surface area contributed by atoms with E-state index in [1.807, 2.05) is 0 Å². The van der Waals surface area contributed by atoms with Crippen molar-refractivity contribution in [1.29, 1.82) is 0 Å². The molecular weight excluding hydrogens is 309 g/mol. The standard InChI is InChI=1S/C17H22FN5O/c1-21-17(24)16(6-7-20-21)23-12-10-22(11-13-23)9-8-19-15-4-2-14(18)3-5-15/h2-7,19H,8-13H2,1H3. The minimum Gasteiger partial charge on any atom is -0.384 e. The molecule has 1 aliphatic heterocycles. The van der Waals surface area contributed by atoms with Gasteiger partial charge < -0.3 is 10.2 Å². The van der Waals surface area contributed by atoms with Crippen LogP contribution in [-0.4, -0.2) is 53.9 Å². The van der Waals surface area contributed by atoms with Gasteiger partial charge in [-0.1, -0.05) is 0 Å². The van der Waals surface area contributed by atoms with E-state index in [-0.39, 0.29) is 11.4 Å². The van der Waals surface area contributed by atoms with Gasteiger partial charge in [0.2, 0.25) is 0 Å². The number of benzene rings is 1. The van der Waals surface area contributed by atoms with Crippen LogP contribution in [0.2, 0.25) is 0 Å². The van der Waals surface area contributed by atoms with Gasteiger partial charge in [-0.15, -0.1) is 0 Å². The average Bonchev–Trinajstić information content (AvgIpc) is 2.60. The Morgan fingerprint density at radius 1 is 1.12 bits per heavy atom. The fourth-order valence-electron chi connectivity index (χ4n) is 2.87. The molecule has 128 valence electrons. The van der Waals surface area contributed by atoms with Gasteiger partial charge in [-0.2, -0.15) is 5.10 Å². The third-order valence-corrected chi connectivity index (χ3v) is 4.30. The predicted octanol–water partition coefficient (Wildman–Crippen LogP) is 1.15. The maximum absolute atomic E-state index is 12.9. The molecule has 0 spiro atoms. The SMILES string of the molecule is Cn1nccc(N2CCN(CCNc3ccc(F)cc3)CC2)c1=O. The van der Waals surface area contributed by atoms with Crippen molar-refractivity contribution in [2.75, 3.05) is 49.5 Å². The van der Waals surface area contributed by atoms with E-state index in [1.165, 1.54) is 16.8 Å². The first-order valence-electron chi connectivity index (χ1n) is 8.12. The average molecular weight is 331 g/mol. The molecule has 3 rings (SSSR count). The molecule has 1 aliphatic rings. The molecule has 0 radical (unpaired) electrons. The molecule has 0 atom stereocenters. The molecule has 0 unspecified atom stereocenters. The van der Waals surface area contributed by atoms with Gasteiger partial charge in [-0.3, -0.25) is 9.69 Å². The van der Waals surface area contributed by atoms with E-state index in [4.69, 9.17) is 0 Å². The van der Waals surface area contributed by atoms with Crippen LogP contribution in [0.1, 0.15) is 0 Å². The van der Waals surface area contributed by atoms with Crippen LogP contribution in [-0.2, 0) is 7.05 Å². The van der Waals surface area contributed by atoms with Crippen LogP contribution in [0.3, 0.4) is 0 Å². The van der Waals surface area contributed by atoms with E-state index >= 15 is 0 Å². The number of nitrogens with zero attached hydrogens (tertiary/aromatic N) is 4. The molecule has 6 nitrogen and oxygen atoms in total. The molecule has 1 aromatic heterocycles. The largest absolute Gasteiger partial charge is 0.384 e. The van der Waals surface area contributed by atoms with Gasteiger partial charge in [-0.05, 0) is 30.3 Å². The molecule has 2 heterocycles. The normalized spacial score (nSPS) is 15.5. The third-order valence-electron chi connectivity index (χ3n) is 4.30. The zero-order valence-electron chi connectivity index (χ0n) is 13.8. The third kappa shape index (κ3) is 3.91. The Balaban J connectivity index is 1.46.